The number of ether oxygens (including phenoxy) is 1. The number of aryl methyl sites for hydroxylation is 1. The van der Waals surface area contributed by atoms with Gasteiger partial charge in [-0.15, -0.1) is 6.58 Å². The van der Waals surface area contributed by atoms with Crippen molar-refractivity contribution in [2.45, 2.75) is 72.3 Å². The fraction of sp³-hybridized carbons (Fsp3) is 0.400. The fourth-order valence-corrected chi connectivity index (χ4v) is 3.70. The molecule has 0 bridgehead atoms. The molecular weight excluding hydrogens is 376 g/mol. The highest BCUT2D eigenvalue weighted by atomic mass is 16.5. The van der Waals surface area contributed by atoms with Gasteiger partial charge in [-0.1, -0.05) is 114 Å². The molecule has 1 heteroatoms. The summed E-state index contributed by atoms with van der Waals surface area (Å²) in [7, 11) is 0. The number of hydrogen-bond donors (Lipinski definition) is 0. The van der Waals surface area contributed by atoms with Gasteiger partial charge in [0, 0.05) is 5.39 Å². The zero-order valence-corrected chi connectivity index (χ0v) is 19.9. The summed E-state index contributed by atoms with van der Waals surface area (Å²) in [5.41, 5.74) is 2.79. The van der Waals surface area contributed by atoms with E-state index in [1.165, 1.54) is 47.6 Å². The third kappa shape index (κ3) is 7.28. The van der Waals surface area contributed by atoms with Gasteiger partial charge in [-0.05, 0) is 47.8 Å². The van der Waals surface area contributed by atoms with E-state index in [2.05, 4.69) is 101 Å². The van der Waals surface area contributed by atoms with Crippen molar-refractivity contribution in [3.05, 3.63) is 90.5 Å². The van der Waals surface area contributed by atoms with Crippen LogP contribution in [-0.4, -0.2) is 0 Å². The Morgan fingerprint density at radius 1 is 0.871 bits per heavy atom. The molecule has 0 N–H and O–H groups in total. The first kappa shape index (κ1) is 24.7. The zero-order valence-electron chi connectivity index (χ0n) is 19.9. The topological polar surface area (TPSA) is 9.23 Å². The van der Waals surface area contributed by atoms with Gasteiger partial charge >= 0.3 is 0 Å². The molecule has 0 unspecified atom stereocenters. The van der Waals surface area contributed by atoms with Crippen LogP contribution in [0.4, 0.5) is 0 Å². The van der Waals surface area contributed by atoms with Crippen LogP contribution in [0.25, 0.3) is 10.8 Å². The highest BCUT2D eigenvalue weighted by Gasteiger charge is 2.28. The Morgan fingerprint density at radius 2 is 1.55 bits per heavy atom. The second-order valence-corrected chi connectivity index (χ2v) is 8.31. The monoisotopic (exact) mass is 416 g/mol. The van der Waals surface area contributed by atoms with Crippen LogP contribution in [-0.2, 0) is 6.42 Å². The first-order valence-electron chi connectivity index (χ1n) is 12.0. The molecule has 0 aliphatic heterocycles. The highest BCUT2D eigenvalue weighted by molar-refractivity contribution is 5.88. The smallest absolute Gasteiger partial charge is 0.128 e. The van der Waals surface area contributed by atoms with Gasteiger partial charge in [0.25, 0.3) is 0 Å². The van der Waals surface area contributed by atoms with Crippen LogP contribution < -0.4 is 4.74 Å². The average molecular weight is 417 g/mol. The SMILES string of the molecule is C=CCCC.CCCC.C[C@H]1CCc2ccccc2[C@@H]1Oc1cccc2ccccc12. The van der Waals surface area contributed by atoms with Crippen LogP contribution >= 0.6 is 0 Å². The summed E-state index contributed by atoms with van der Waals surface area (Å²) in [6.07, 6.45) is 9.44. The molecule has 0 spiro atoms. The Kier molecular flexibility index (Phi) is 10.9. The van der Waals surface area contributed by atoms with E-state index in [1.54, 1.807) is 0 Å². The molecular formula is C30H40O. The molecule has 0 heterocycles. The predicted octanol–water partition coefficient (Wildman–Crippen LogP) is 9.32. The number of unbranched alkanes of at least 4 members (excludes halogenated alkanes) is 2. The van der Waals surface area contributed by atoms with E-state index in [0.717, 1.165) is 18.6 Å². The minimum absolute atomic E-state index is 0.149. The fourth-order valence-electron chi connectivity index (χ4n) is 3.70. The standard InChI is InChI=1S/C21H20O.C5H10.C4H10/c1-15-13-14-17-8-3-5-11-19(17)21(15)22-20-12-6-9-16-7-2-4-10-18(16)20;1-3-5-4-2;1-3-4-2/h2-12,15,21H,13-14H2,1H3;3H,1,4-5H2,2H3;3-4H2,1-2H3/t15-,21+;;/m0../s1. The van der Waals surface area contributed by atoms with E-state index in [4.69, 9.17) is 4.74 Å². The van der Waals surface area contributed by atoms with Crippen molar-refractivity contribution in [1.29, 1.82) is 0 Å². The number of benzene rings is 3. The lowest BCUT2D eigenvalue weighted by atomic mass is 9.82. The van der Waals surface area contributed by atoms with Crippen LogP contribution in [0.2, 0.25) is 0 Å². The van der Waals surface area contributed by atoms with Gasteiger partial charge in [0.05, 0.1) is 0 Å². The molecule has 0 saturated heterocycles. The summed E-state index contributed by atoms with van der Waals surface area (Å²) < 4.78 is 6.51. The molecule has 1 aliphatic rings. The molecule has 0 saturated carbocycles. The van der Waals surface area contributed by atoms with Gasteiger partial charge < -0.3 is 4.74 Å². The van der Waals surface area contributed by atoms with Gasteiger partial charge in [-0.25, -0.2) is 0 Å². The van der Waals surface area contributed by atoms with E-state index in [1.807, 2.05) is 6.08 Å². The minimum atomic E-state index is 0.149. The summed E-state index contributed by atoms with van der Waals surface area (Å²) in [5.74, 6) is 1.53. The maximum atomic E-state index is 6.51. The van der Waals surface area contributed by atoms with Crippen molar-refractivity contribution in [2.24, 2.45) is 5.92 Å². The lowest BCUT2D eigenvalue weighted by Crippen LogP contribution is -2.23. The molecule has 0 amide bonds. The lowest BCUT2D eigenvalue weighted by molar-refractivity contribution is 0.131. The van der Waals surface area contributed by atoms with E-state index in [-0.39, 0.29) is 6.10 Å². The Labute approximate surface area is 190 Å². The van der Waals surface area contributed by atoms with Crippen molar-refractivity contribution in [3.8, 4) is 5.75 Å². The molecule has 1 aliphatic carbocycles. The maximum Gasteiger partial charge on any atom is 0.128 e. The van der Waals surface area contributed by atoms with Crippen LogP contribution in [0.15, 0.2) is 79.4 Å². The molecule has 1 nitrogen and oxygen atoms in total. The highest BCUT2D eigenvalue weighted by Crippen LogP contribution is 2.39. The molecule has 0 fully saturated rings. The van der Waals surface area contributed by atoms with Gasteiger partial charge in [-0.2, -0.15) is 0 Å². The lowest BCUT2D eigenvalue weighted by Gasteiger charge is -2.32. The number of allylic oxidation sites excluding steroid dienone is 1. The van der Waals surface area contributed by atoms with Crippen molar-refractivity contribution in [3.63, 3.8) is 0 Å². The van der Waals surface area contributed by atoms with Crippen molar-refractivity contribution >= 4 is 10.8 Å². The maximum absolute atomic E-state index is 6.51. The van der Waals surface area contributed by atoms with Gasteiger partial charge in [-0.3, -0.25) is 0 Å². The first-order chi connectivity index (χ1) is 15.2. The minimum Gasteiger partial charge on any atom is -0.485 e. The third-order valence-electron chi connectivity index (χ3n) is 5.74. The summed E-state index contributed by atoms with van der Waals surface area (Å²) in [6.45, 7) is 12.3. The number of fused-ring (bicyclic) bond motifs is 2. The molecule has 31 heavy (non-hydrogen) atoms. The van der Waals surface area contributed by atoms with Gasteiger partial charge in [0.2, 0.25) is 0 Å². The molecule has 3 aromatic rings. The molecule has 2 atom stereocenters. The van der Waals surface area contributed by atoms with Crippen molar-refractivity contribution in [2.75, 3.05) is 0 Å². The van der Waals surface area contributed by atoms with Crippen molar-refractivity contribution < 1.29 is 4.74 Å². The van der Waals surface area contributed by atoms with Crippen LogP contribution in [0.3, 0.4) is 0 Å². The molecule has 0 radical (unpaired) electrons. The van der Waals surface area contributed by atoms with Crippen LogP contribution in [0, 0.1) is 5.92 Å². The third-order valence-corrected chi connectivity index (χ3v) is 5.74. The van der Waals surface area contributed by atoms with Crippen molar-refractivity contribution in [1.82, 2.24) is 0 Å². The van der Waals surface area contributed by atoms with Gasteiger partial charge in [0.1, 0.15) is 11.9 Å². The van der Waals surface area contributed by atoms with Crippen LogP contribution in [0.5, 0.6) is 5.75 Å². The Bertz CT molecular complexity index is 904. The van der Waals surface area contributed by atoms with Gasteiger partial charge in [0.15, 0.2) is 0 Å². The Balaban J connectivity index is 0.000000325. The Morgan fingerprint density at radius 3 is 2.23 bits per heavy atom. The van der Waals surface area contributed by atoms with E-state index in [9.17, 15) is 0 Å². The summed E-state index contributed by atoms with van der Waals surface area (Å²) in [5, 5.41) is 2.43. The Hall–Kier alpha value is -2.54. The normalized spacial score (nSPS) is 16.8. The molecule has 4 rings (SSSR count). The largest absolute Gasteiger partial charge is 0.485 e. The first-order valence-corrected chi connectivity index (χ1v) is 12.0. The summed E-state index contributed by atoms with van der Waals surface area (Å²) in [4.78, 5) is 0. The summed E-state index contributed by atoms with van der Waals surface area (Å²) >= 11 is 0. The molecule has 3 aromatic carbocycles. The summed E-state index contributed by atoms with van der Waals surface area (Å²) in [6, 6.07) is 23.5. The molecule has 0 aromatic heterocycles. The molecule has 166 valence electrons. The zero-order chi connectivity index (χ0) is 22.5. The van der Waals surface area contributed by atoms with E-state index < -0.39 is 0 Å². The second kappa shape index (κ2) is 13.7. The second-order valence-electron chi connectivity index (χ2n) is 8.31. The number of hydrogen-bond acceptors (Lipinski definition) is 1. The average Bonchev–Trinajstić information content (AvgIpc) is 2.82. The van der Waals surface area contributed by atoms with E-state index >= 15 is 0 Å². The quantitative estimate of drug-likeness (QED) is 0.376. The predicted molar refractivity (Wildman–Crippen MR) is 137 cm³/mol. The van der Waals surface area contributed by atoms with E-state index in [0.29, 0.717) is 5.92 Å². The number of rotatable bonds is 5. The van der Waals surface area contributed by atoms with Crippen LogP contribution in [0.1, 0.15) is 77.0 Å².